The molecule has 0 aliphatic carbocycles. The third kappa shape index (κ3) is 11.5. The van der Waals surface area contributed by atoms with Gasteiger partial charge in [-0.1, -0.05) is 62.4 Å². The van der Waals surface area contributed by atoms with E-state index in [9.17, 15) is 29.1 Å². The third-order valence-electron chi connectivity index (χ3n) is 9.26. The van der Waals surface area contributed by atoms with Gasteiger partial charge in [-0.15, -0.1) is 0 Å². The van der Waals surface area contributed by atoms with E-state index in [2.05, 4.69) is 31.5 Å². The van der Waals surface area contributed by atoms with Crippen LogP contribution >= 0.6 is 0 Å². The lowest BCUT2D eigenvalue weighted by Gasteiger charge is -2.27. The quantitative estimate of drug-likeness (QED) is 0.200. The average Bonchev–Trinajstić information content (AvgIpc) is 3.15. The number of para-hydroxylation sites is 1. The predicted molar refractivity (Wildman–Crippen MR) is 200 cm³/mol. The van der Waals surface area contributed by atoms with E-state index >= 15 is 0 Å². The highest BCUT2D eigenvalue weighted by Crippen LogP contribution is 2.19. The second kappa shape index (κ2) is 19.0. The van der Waals surface area contributed by atoms with E-state index in [-0.39, 0.29) is 42.6 Å². The predicted octanol–water partition coefficient (Wildman–Crippen LogP) is 1.79. The topological polar surface area (TPSA) is 187 Å². The highest BCUT2D eigenvalue weighted by molar-refractivity contribution is 6.01. The fraction of sp³-hybridized carbons (Fsp3) is 0.425. The van der Waals surface area contributed by atoms with Crippen molar-refractivity contribution in [1.29, 1.82) is 0 Å². The number of carbonyl (C=O) groups is 5. The molecule has 2 heterocycles. The number of aromatic hydroxyl groups is 1. The van der Waals surface area contributed by atoms with Crippen LogP contribution in [-0.4, -0.2) is 96.6 Å². The van der Waals surface area contributed by atoms with Gasteiger partial charge in [0.25, 0.3) is 5.91 Å². The van der Waals surface area contributed by atoms with Crippen LogP contribution in [-0.2, 0) is 43.4 Å². The highest BCUT2D eigenvalue weighted by atomic mass is 16.5. The number of nitrogens with zero attached hydrogens (tertiary/aromatic N) is 1. The second-order valence-electron chi connectivity index (χ2n) is 14.1. The minimum Gasteiger partial charge on any atom is -0.508 e. The first-order chi connectivity index (χ1) is 25.9. The van der Waals surface area contributed by atoms with Crippen molar-refractivity contribution in [1.82, 2.24) is 31.5 Å². The number of fused-ring (bicyclic) bond motifs is 1. The normalized spacial score (nSPS) is 22.1. The van der Waals surface area contributed by atoms with E-state index in [1.54, 1.807) is 57.2 Å². The molecule has 0 bridgehead atoms. The van der Waals surface area contributed by atoms with E-state index < -0.39 is 60.1 Å². The molecule has 14 heteroatoms. The molecule has 1 fully saturated rings. The zero-order valence-corrected chi connectivity index (χ0v) is 30.9. The summed E-state index contributed by atoms with van der Waals surface area (Å²) in [5, 5.41) is 23.8. The molecule has 5 amide bonds. The summed E-state index contributed by atoms with van der Waals surface area (Å²) < 4.78 is 11.4. The molecular weight excluding hydrogens is 692 g/mol. The SMILES string of the molecule is CC(C)[C@H]1NC(=O)[C@H](Cc2ccc(O)cc2)NC(=O)C[C@@H](C(=O)NCc2cccc(CN3CCOCC3)c2)NC(=O)c2ccccc2OC[C@H](C)NC1=O. The van der Waals surface area contributed by atoms with Crippen LogP contribution in [0.15, 0.2) is 72.8 Å². The summed E-state index contributed by atoms with van der Waals surface area (Å²) in [7, 11) is 0. The third-order valence-corrected chi connectivity index (χ3v) is 9.26. The van der Waals surface area contributed by atoms with Gasteiger partial charge in [0, 0.05) is 32.6 Å². The Morgan fingerprint density at radius 2 is 1.59 bits per heavy atom. The number of carbonyl (C=O) groups excluding carboxylic acids is 5. The summed E-state index contributed by atoms with van der Waals surface area (Å²) in [6.07, 6.45) is -0.478. The zero-order valence-electron chi connectivity index (χ0n) is 30.9. The van der Waals surface area contributed by atoms with Crippen molar-refractivity contribution < 1.29 is 38.6 Å². The Labute approximate surface area is 315 Å². The number of phenolic OH excluding ortho intramolecular Hbond substituents is 1. The van der Waals surface area contributed by atoms with Crippen molar-refractivity contribution in [3.63, 3.8) is 0 Å². The smallest absolute Gasteiger partial charge is 0.255 e. The summed E-state index contributed by atoms with van der Waals surface area (Å²) in [6, 6.07) is 16.6. The summed E-state index contributed by atoms with van der Waals surface area (Å²) in [5.74, 6) is -3.05. The van der Waals surface area contributed by atoms with Gasteiger partial charge in [0.1, 0.15) is 36.2 Å². The van der Waals surface area contributed by atoms with Gasteiger partial charge >= 0.3 is 0 Å². The molecule has 3 aromatic rings. The van der Waals surface area contributed by atoms with E-state index in [1.165, 1.54) is 12.1 Å². The van der Waals surface area contributed by atoms with Gasteiger partial charge in [-0.2, -0.15) is 0 Å². The van der Waals surface area contributed by atoms with E-state index in [0.29, 0.717) is 18.8 Å². The van der Waals surface area contributed by atoms with Crippen molar-refractivity contribution >= 4 is 29.5 Å². The van der Waals surface area contributed by atoms with Gasteiger partial charge in [-0.25, -0.2) is 0 Å². The van der Waals surface area contributed by atoms with Gasteiger partial charge < -0.3 is 41.2 Å². The largest absolute Gasteiger partial charge is 0.508 e. The standard InChI is InChI=1S/C40H50N6O8/c1-25(2)36-40(52)42-26(3)24-54-34-10-5-4-9-31(34)37(49)44-33(21-35(48)43-32(39(51)45-36)20-27-11-13-30(47)14-12-27)38(50)41-22-28-7-6-8-29(19-28)23-46-15-17-53-18-16-46/h4-14,19,25-26,32-33,36,47H,15-18,20-24H2,1-3H3,(H,41,50)(H,42,52)(H,43,48)(H,44,49)(H,45,51)/t26-,32-,33-,36+/m0/s1. The van der Waals surface area contributed by atoms with Crippen molar-refractivity contribution in [3.05, 3.63) is 95.1 Å². The lowest BCUT2D eigenvalue weighted by molar-refractivity contribution is -0.133. The molecule has 5 rings (SSSR count). The van der Waals surface area contributed by atoms with E-state index in [1.807, 2.05) is 24.3 Å². The van der Waals surface area contributed by atoms with Crippen molar-refractivity contribution in [2.45, 2.75) is 70.9 Å². The van der Waals surface area contributed by atoms with Gasteiger partial charge in [0.15, 0.2) is 0 Å². The van der Waals surface area contributed by atoms with Crippen molar-refractivity contribution in [2.75, 3.05) is 32.9 Å². The minimum atomic E-state index is -1.33. The molecule has 54 heavy (non-hydrogen) atoms. The summed E-state index contributed by atoms with van der Waals surface area (Å²) in [4.78, 5) is 70.8. The molecule has 6 N–H and O–H groups in total. The number of hydrogen-bond acceptors (Lipinski definition) is 9. The minimum absolute atomic E-state index is 0.00678. The van der Waals surface area contributed by atoms with Gasteiger partial charge in [0.2, 0.25) is 23.6 Å². The Balaban J connectivity index is 1.40. The molecule has 2 aliphatic heterocycles. The molecule has 0 spiro atoms. The molecule has 14 nitrogen and oxygen atoms in total. The first-order valence-corrected chi connectivity index (χ1v) is 18.3. The molecule has 288 valence electrons. The molecule has 2 aliphatic rings. The summed E-state index contributed by atoms with van der Waals surface area (Å²) in [6.45, 7) is 9.25. The molecule has 0 aromatic heterocycles. The number of hydrogen-bond donors (Lipinski definition) is 6. The first kappa shape index (κ1) is 39.7. The Bertz CT molecular complexity index is 1780. The molecular formula is C40H50N6O8. The number of benzene rings is 3. The first-order valence-electron chi connectivity index (χ1n) is 18.3. The molecule has 0 radical (unpaired) electrons. The number of phenols is 1. The number of morpholine rings is 1. The number of nitrogens with one attached hydrogen (secondary N) is 5. The number of rotatable bonds is 8. The van der Waals surface area contributed by atoms with Crippen LogP contribution in [0, 0.1) is 5.92 Å². The lowest BCUT2D eigenvalue weighted by atomic mass is 10.0. The number of amides is 5. The Kier molecular flexibility index (Phi) is 14.0. The number of ether oxygens (including phenoxy) is 2. The maximum absolute atomic E-state index is 13.8. The highest BCUT2D eigenvalue weighted by Gasteiger charge is 2.32. The summed E-state index contributed by atoms with van der Waals surface area (Å²) >= 11 is 0. The van der Waals surface area contributed by atoms with Crippen LogP contribution in [0.25, 0.3) is 0 Å². The Morgan fingerprint density at radius 3 is 2.33 bits per heavy atom. The van der Waals surface area contributed by atoms with E-state index in [0.717, 1.165) is 30.8 Å². The Hall–Kier alpha value is -5.47. The monoisotopic (exact) mass is 742 g/mol. The molecule has 1 saturated heterocycles. The van der Waals surface area contributed by atoms with Crippen LogP contribution in [0.4, 0.5) is 0 Å². The van der Waals surface area contributed by atoms with Crippen LogP contribution < -0.4 is 31.3 Å². The zero-order chi connectivity index (χ0) is 38.6. The molecule has 0 saturated carbocycles. The molecule has 0 unspecified atom stereocenters. The van der Waals surface area contributed by atoms with Crippen molar-refractivity contribution in [3.8, 4) is 11.5 Å². The fourth-order valence-electron chi connectivity index (χ4n) is 6.29. The van der Waals surface area contributed by atoms with E-state index in [4.69, 9.17) is 9.47 Å². The lowest BCUT2D eigenvalue weighted by Crippen LogP contribution is -2.57. The van der Waals surface area contributed by atoms with Crippen LogP contribution in [0.2, 0.25) is 0 Å². The fourth-order valence-corrected chi connectivity index (χ4v) is 6.29. The van der Waals surface area contributed by atoms with Crippen LogP contribution in [0.5, 0.6) is 11.5 Å². The molecule has 3 aromatic carbocycles. The van der Waals surface area contributed by atoms with Gasteiger partial charge in [-0.05, 0) is 53.8 Å². The van der Waals surface area contributed by atoms with Crippen molar-refractivity contribution in [2.24, 2.45) is 5.92 Å². The Morgan fingerprint density at radius 1 is 0.870 bits per heavy atom. The van der Waals surface area contributed by atoms with Gasteiger partial charge in [-0.3, -0.25) is 28.9 Å². The summed E-state index contributed by atoms with van der Waals surface area (Å²) in [5.41, 5.74) is 2.69. The molecule has 4 atom stereocenters. The van der Waals surface area contributed by atoms with Crippen LogP contribution in [0.1, 0.15) is 54.2 Å². The second-order valence-corrected chi connectivity index (χ2v) is 14.1. The van der Waals surface area contributed by atoms with Crippen LogP contribution in [0.3, 0.4) is 0 Å². The van der Waals surface area contributed by atoms with Gasteiger partial charge in [0.05, 0.1) is 31.2 Å². The maximum atomic E-state index is 13.8. The maximum Gasteiger partial charge on any atom is 0.255 e. The average molecular weight is 743 g/mol.